The average molecular weight is 280 g/mol. The highest BCUT2D eigenvalue weighted by atomic mass is 16.5. The molecule has 1 amide bonds. The summed E-state index contributed by atoms with van der Waals surface area (Å²) in [5.74, 6) is 0.328. The van der Waals surface area contributed by atoms with Gasteiger partial charge in [0.1, 0.15) is 5.75 Å². The fraction of sp³-hybridized carbons (Fsp3) is 0.533. The molecule has 0 bridgehead atoms. The number of nitrogens with two attached hydrogens (primary N) is 1. The largest absolute Gasteiger partial charge is 0.493 e. The molecular weight excluding hydrogens is 256 g/mol. The number of carbonyl (C=O) groups is 1. The molecule has 5 nitrogen and oxygen atoms in total. The molecule has 20 heavy (non-hydrogen) atoms. The minimum absolute atomic E-state index is 0.0490. The van der Waals surface area contributed by atoms with Gasteiger partial charge in [0.2, 0.25) is 5.91 Å². The molecule has 1 aromatic carbocycles. The molecule has 0 saturated carbocycles. The number of aliphatic hydroxyl groups excluding tert-OH is 1. The summed E-state index contributed by atoms with van der Waals surface area (Å²) >= 11 is 0. The Kier molecular flexibility index (Phi) is 6.48. The van der Waals surface area contributed by atoms with Crippen LogP contribution in [0.15, 0.2) is 24.3 Å². The number of carbonyl (C=O) groups excluding carboxylic acids is 1. The maximum absolute atomic E-state index is 11.5. The third-order valence-electron chi connectivity index (χ3n) is 3.33. The number of hydrogen-bond donors (Lipinski definition) is 3. The van der Waals surface area contributed by atoms with Gasteiger partial charge in [0.25, 0.3) is 0 Å². The van der Waals surface area contributed by atoms with Crippen molar-refractivity contribution >= 4 is 5.91 Å². The molecule has 1 atom stereocenters. The van der Waals surface area contributed by atoms with Crippen molar-refractivity contribution in [2.24, 2.45) is 5.73 Å². The molecule has 0 spiro atoms. The first-order valence-corrected chi connectivity index (χ1v) is 6.90. The van der Waals surface area contributed by atoms with E-state index in [-0.39, 0.29) is 12.5 Å². The number of ether oxygens (including phenoxy) is 1. The van der Waals surface area contributed by atoms with E-state index in [0.717, 1.165) is 5.56 Å². The van der Waals surface area contributed by atoms with Crippen LogP contribution in [0.25, 0.3) is 0 Å². The Bertz CT molecular complexity index is 437. The van der Waals surface area contributed by atoms with Gasteiger partial charge in [-0.2, -0.15) is 0 Å². The van der Waals surface area contributed by atoms with Gasteiger partial charge in [-0.3, -0.25) is 4.79 Å². The number of para-hydroxylation sites is 1. The summed E-state index contributed by atoms with van der Waals surface area (Å²) in [4.78, 5) is 11.5. The van der Waals surface area contributed by atoms with Crippen molar-refractivity contribution in [3.05, 3.63) is 29.8 Å². The van der Waals surface area contributed by atoms with Gasteiger partial charge in [-0.25, -0.2) is 0 Å². The second kappa shape index (κ2) is 7.87. The maximum Gasteiger partial charge on any atom is 0.237 e. The minimum atomic E-state index is -0.700. The lowest BCUT2D eigenvalue weighted by Gasteiger charge is -2.26. The first-order chi connectivity index (χ1) is 9.53. The van der Waals surface area contributed by atoms with E-state index < -0.39 is 5.54 Å². The highest BCUT2D eigenvalue weighted by molar-refractivity contribution is 5.84. The normalized spacial score (nSPS) is 13.8. The predicted octanol–water partition coefficient (Wildman–Crippen LogP) is 1.19. The lowest BCUT2D eigenvalue weighted by atomic mass is 9.95. The van der Waals surface area contributed by atoms with Crippen LogP contribution in [-0.4, -0.2) is 29.7 Å². The first-order valence-electron chi connectivity index (χ1n) is 6.90. The molecule has 0 aliphatic carbocycles. The van der Waals surface area contributed by atoms with Crippen LogP contribution in [0.3, 0.4) is 0 Å². The van der Waals surface area contributed by atoms with Gasteiger partial charge in [0.05, 0.1) is 18.8 Å². The van der Waals surface area contributed by atoms with Crippen LogP contribution >= 0.6 is 0 Å². The SMILES string of the molecule is CCNC(C)(CCCOc1ccccc1CO)C(N)=O. The molecule has 112 valence electrons. The van der Waals surface area contributed by atoms with Gasteiger partial charge in [-0.05, 0) is 32.4 Å². The Hall–Kier alpha value is -1.59. The molecule has 1 aromatic rings. The highest BCUT2D eigenvalue weighted by Crippen LogP contribution is 2.19. The Morgan fingerprint density at radius 3 is 2.75 bits per heavy atom. The predicted molar refractivity (Wildman–Crippen MR) is 78.4 cm³/mol. The molecule has 5 heteroatoms. The Labute approximate surface area is 120 Å². The topological polar surface area (TPSA) is 84.6 Å². The van der Waals surface area contributed by atoms with Gasteiger partial charge < -0.3 is 20.9 Å². The number of rotatable bonds is 9. The highest BCUT2D eigenvalue weighted by Gasteiger charge is 2.29. The third-order valence-corrected chi connectivity index (χ3v) is 3.33. The quantitative estimate of drug-likeness (QED) is 0.593. The molecule has 1 rings (SSSR count). The Morgan fingerprint density at radius 2 is 2.15 bits per heavy atom. The zero-order valence-electron chi connectivity index (χ0n) is 12.2. The van der Waals surface area contributed by atoms with Crippen LogP contribution in [0.1, 0.15) is 32.3 Å². The zero-order valence-corrected chi connectivity index (χ0v) is 12.2. The molecule has 0 saturated heterocycles. The van der Waals surface area contributed by atoms with E-state index in [1.807, 2.05) is 31.2 Å². The Morgan fingerprint density at radius 1 is 1.45 bits per heavy atom. The lowest BCUT2D eigenvalue weighted by Crippen LogP contribution is -2.53. The summed E-state index contributed by atoms with van der Waals surface area (Å²) in [7, 11) is 0. The number of primary amides is 1. The van der Waals surface area contributed by atoms with Gasteiger partial charge in [-0.15, -0.1) is 0 Å². The molecule has 0 fully saturated rings. The number of amides is 1. The van der Waals surface area contributed by atoms with Gasteiger partial charge in [-0.1, -0.05) is 25.1 Å². The van der Waals surface area contributed by atoms with Crippen molar-refractivity contribution in [2.75, 3.05) is 13.2 Å². The van der Waals surface area contributed by atoms with E-state index >= 15 is 0 Å². The lowest BCUT2D eigenvalue weighted by molar-refractivity contribution is -0.124. The summed E-state index contributed by atoms with van der Waals surface area (Å²) < 4.78 is 5.64. The van der Waals surface area contributed by atoms with Crippen LogP contribution in [0.5, 0.6) is 5.75 Å². The molecule has 4 N–H and O–H groups in total. The molecule has 0 aliphatic rings. The second-order valence-electron chi connectivity index (χ2n) is 4.94. The van der Waals surface area contributed by atoms with E-state index in [1.165, 1.54) is 0 Å². The van der Waals surface area contributed by atoms with Gasteiger partial charge >= 0.3 is 0 Å². The Balaban J connectivity index is 2.46. The second-order valence-corrected chi connectivity index (χ2v) is 4.94. The van der Waals surface area contributed by atoms with Crippen molar-refractivity contribution < 1.29 is 14.6 Å². The fourth-order valence-electron chi connectivity index (χ4n) is 2.07. The van der Waals surface area contributed by atoms with Gasteiger partial charge in [0.15, 0.2) is 0 Å². The summed E-state index contributed by atoms with van der Waals surface area (Å²) in [6.45, 7) is 4.86. The van der Waals surface area contributed by atoms with E-state index in [2.05, 4.69) is 5.32 Å². The summed E-state index contributed by atoms with van der Waals surface area (Å²) in [6.07, 6.45) is 1.31. The number of nitrogens with one attached hydrogen (secondary N) is 1. The molecule has 0 aromatic heterocycles. The number of benzene rings is 1. The monoisotopic (exact) mass is 280 g/mol. The van der Waals surface area contributed by atoms with Crippen molar-refractivity contribution in [3.8, 4) is 5.75 Å². The van der Waals surface area contributed by atoms with Crippen LogP contribution < -0.4 is 15.8 Å². The molecule has 1 unspecified atom stereocenters. The number of likely N-dealkylation sites (N-methyl/N-ethyl adjacent to an activating group) is 1. The van der Waals surface area contributed by atoms with Crippen molar-refractivity contribution in [3.63, 3.8) is 0 Å². The molecule has 0 radical (unpaired) electrons. The third kappa shape index (κ3) is 4.51. The zero-order chi connectivity index (χ0) is 15.0. The van der Waals surface area contributed by atoms with Crippen LogP contribution in [0.2, 0.25) is 0 Å². The maximum atomic E-state index is 11.5. The van der Waals surface area contributed by atoms with Crippen molar-refractivity contribution in [1.82, 2.24) is 5.32 Å². The van der Waals surface area contributed by atoms with Crippen molar-refractivity contribution in [2.45, 2.75) is 38.8 Å². The van der Waals surface area contributed by atoms with E-state index in [4.69, 9.17) is 10.5 Å². The standard InChI is InChI=1S/C15H24N2O3/c1-3-17-15(2,14(16)19)9-6-10-20-13-8-5-4-7-12(13)11-18/h4-5,7-8,17-18H,3,6,9-11H2,1-2H3,(H2,16,19). The van der Waals surface area contributed by atoms with Gasteiger partial charge in [0, 0.05) is 5.56 Å². The van der Waals surface area contributed by atoms with E-state index in [0.29, 0.717) is 31.7 Å². The van der Waals surface area contributed by atoms with E-state index in [1.54, 1.807) is 6.92 Å². The molecular formula is C15H24N2O3. The minimum Gasteiger partial charge on any atom is -0.493 e. The first kappa shape index (κ1) is 16.5. The van der Waals surface area contributed by atoms with Crippen molar-refractivity contribution in [1.29, 1.82) is 0 Å². The smallest absolute Gasteiger partial charge is 0.237 e. The summed E-state index contributed by atoms with van der Waals surface area (Å²) in [5.41, 5.74) is 5.48. The van der Waals surface area contributed by atoms with Crippen LogP contribution in [0, 0.1) is 0 Å². The number of hydrogen-bond acceptors (Lipinski definition) is 4. The number of aliphatic hydroxyl groups is 1. The van der Waals surface area contributed by atoms with Crippen LogP contribution in [-0.2, 0) is 11.4 Å². The average Bonchev–Trinajstić information content (AvgIpc) is 2.44. The van der Waals surface area contributed by atoms with E-state index in [9.17, 15) is 9.90 Å². The van der Waals surface area contributed by atoms with Crippen LogP contribution in [0.4, 0.5) is 0 Å². The fourth-order valence-corrected chi connectivity index (χ4v) is 2.07. The summed E-state index contributed by atoms with van der Waals surface area (Å²) in [5, 5.41) is 12.3. The molecule has 0 aliphatic heterocycles. The summed E-state index contributed by atoms with van der Waals surface area (Å²) in [6, 6.07) is 7.36. The molecule has 0 heterocycles.